The minimum Gasteiger partial charge on any atom is -0.352 e. The van der Waals surface area contributed by atoms with E-state index < -0.39 is 56.9 Å². The van der Waals surface area contributed by atoms with Gasteiger partial charge in [-0.2, -0.15) is 13.2 Å². The normalized spacial score (nSPS) is 12.6. The number of sulfonamides is 1. The van der Waals surface area contributed by atoms with Crippen LogP contribution in [0, 0.1) is 0 Å². The van der Waals surface area contributed by atoms with Crippen LogP contribution < -0.4 is 9.62 Å². The zero-order valence-electron chi connectivity index (χ0n) is 23.0. The van der Waals surface area contributed by atoms with Crippen molar-refractivity contribution in [2.75, 3.05) is 17.1 Å². The lowest BCUT2D eigenvalue weighted by molar-refractivity contribution is -0.140. The van der Waals surface area contributed by atoms with E-state index in [9.17, 15) is 31.2 Å². The molecule has 0 bridgehead atoms. The van der Waals surface area contributed by atoms with E-state index in [0.717, 1.165) is 24.0 Å². The number of amides is 2. The van der Waals surface area contributed by atoms with E-state index in [1.165, 1.54) is 4.90 Å². The van der Waals surface area contributed by atoms with Crippen molar-refractivity contribution >= 4 is 50.7 Å². The summed E-state index contributed by atoms with van der Waals surface area (Å²) in [4.78, 5) is 28.7. The van der Waals surface area contributed by atoms with Gasteiger partial charge in [0, 0.05) is 24.0 Å². The Labute approximate surface area is 253 Å². The van der Waals surface area contributed by atoms with Gasteiger partial charge in [0.1, 0.15) is 12.6 Å². The van der Waals surface area contributed by atoms with Crippen LogP contribution in [0.4, 0.5) is 18.9 Å². The first-order valence-corrected chi connectivity index (χ1v) is 15.4. The van der Waals surface area contributed by atoms with Crippen molar-refractivity contribution < 1.29 is 31.2 Å². The van der Waals surface area contributed by atoms with Crippen molar-refractivity contribution in [2.45, 2.75) is 45.1 Å². The number of hydrogen-bond donors (Lipinski definition) is 1. The molecule has 0 radical (unpaired) electrons. The van der Waals surface area contributed by atoms with E-state index in [1.807, 2.05) is 0 Å². The van der Waals surface area contributed by atoms with Crippen LogP contribution in [0.2, 0.25) is 10.0 Å². The van der Waals surface area contributed by atoms with Gasteiger partial charge in [0.15, 0.2) is 0 Å². The molecule has 0 spiro atoms. The molecule has 1 N–H and O–H groups in total. The Bertz CT molecular complexity index is 1500. The smallest absolute Gasteiger partial charge is 0.352 e. The first kappa shape index (κ1) is 33.2. The summed E-state index contributed by atoms with van der Waals surface area (Å²) in [7, 11) is -4.27. The van der Waals surface area contributed by atoms with Crippen LogP contribution in [0.15, 0.2) is 72.8 Å². The standard InChI is InChI=1S/C29H30Cl2F3N3O4S/c1-19(2)35-28(39)26(15-20-7-5-4-6-8-20)36(17-21-9-11-22(30)12-10-21)27(38)18-37(42(3,40)41)23-13-14-25(31)24(16-23)29(32,33)34/h4-14,16,19,26H,15,17-18H2,1-3H3,(H,35,39)/t26-/m1/s1. The topological polar surface area (TPSA) is 86.8 Å². The van der Waals surface area contributed by atoms with Gasteiger partial charge in [-0.25, -0.2) is 8.42 Å². The summed E-state index contributed by atoms with van der Waals surface area (Å²) in [6.45, 7) is 2.54. The summed E-state index contributed by atoms with van der Waals surface area (Å²) in [5.41, 5.74) is -0.318. The number of carbonyl (C=O) groups excluding carboxylic acids is 2. The molecule has 3 aromatic rings. The maximum atomic E-state index is 14.0. The minimum absolute atomic E-state index is 0.0940. The molecule has 2 amide bonds. The average Bonchev–Trinajstić information content (AvgIpc) is 2.89. The number of alkyl halides is 3. The van der Waals surface area contributed by atoms with Gasteiger partial charge in [0.25, 0.3) is 0 Å². The Hall–Kier alpha value is -3.28. The second kappa shape index (κ2) is 13.8. The van der Waals surface area contributed by atoms with Crippen molar-refractivity contribution in [3.05, 3.63) is 99.5 Å². The first-order valence-electron chi connectivity index (χ1n) is 12.8. The SMILES string of the molecule is CC(C)NC(=O)[C@@H](Cc1ccccc1)N(Cc1ccc(Cl)cc1)C(=O)CN(c1ccc(Cl)c(C(F)(F)F)c1)S(C)(=O)=O. The van der Waals surface area contributed by atoms with Gasteiger partial charge in [0.05, 0.1) is 22.5 Å². The van der Waals surface area contributed by atoms with Crippen molar-refractivity contribution in [3.8, 4) is 0 Å². The number of nitrogens with one attached hydrogen (secondary N) is 1. The molecule has 0 saturated heterocycles. The highest BCUT2D eigenvalue weighted by Gasteiger charge is 2.36. The molecular weight excluding hydrogens is 614 g/mol. The third-order valence-electron chi connectivity index (χ3n) is 6.19. The van der Waals surface area contributed by atoms with Crippen LogP contribution in [-0.4, -0.2) is 50.0 Å². The van der Waals surface area contributed by atoms with Crippen LogP contribution >= 0.6 is 23.2 Å². The first-order chi connectivity index (χ1) is 19.6. The molecule has 0 unspecified atom stereocenters. The highest BCUT2D eigenvalue weighted by Crippen LogP contribution is 2.37. The Morgan fingerprint density at radius 1 is 0.929 bits per heavy atom. The summed E-state index contributed by atoms with van der Waals surface area (Å²) in [5, 5.41) is 2.64. The van der Waals surface area contributed by atoms with Gasteiger partial charge in [-0.1, -0.05) is 65.7 Å². The lowest BCUT2D eigenvalue weighted by Gasteiger charge is -2.34. The van der Waals surface area contributed by atoms with E-state index in [4.69, 9.17) is 23.2 Å². The average molecular weight is 645 g/mol. The van der Waals surface area contributed by atoms with Crippen LogP contribution in [0.5, 0.6) is 0 Å². The number of halogens is 5. The summed E-state index contributed by atoms with van der Waals surface area (Å²) >= 11 is 11.8. The predicted molar refractivity (Wildman–Crippen MR) is 158 cm³/mol. The quantitative estimate of drug-likeness (QED) is 0.280. The van der Waals surface area contributed by atoms with Crippen molar-refractivity contribution in [1.29, 1.82) is 0 Å². The fraction of sp³-hybridized carbons (Fsp3) is 0.310. The molecule has 42 heavy (non-hydrogen) atoms. The number of hydrogen-bond acceptors (Lipinski definition) is 4. The second-order valence-corrected chi connectivity index (χ2v) is 12.7. The molecule has 0 aliphatic heterocycles. The van der Waals surface area contributed by atoms with E-state index >= 15 is 0 Å². The molecule has 13 heteroatoms. The van der Waals surface area contributed by atoms with E-state index in [1.54, 1.807) is 68.4 Å². The molecule has 0 fully saturated rings. The van der Waals surface area contributed by atoms with E-state index in [2.05, 4.69) is 5.32 Å². The third-order valence-corrected chi connectivity index (χ3v) is 7.91. The van der Waals surface area contributed by atoms with Crippen molar-refractivity contribution in [2.24, 2.45) is 0 Å². The Kier molecular flexibility index (Phi) is 10.9. The van der Waals surface area contributed by atoms with Crippen molar-refractivity contribution in [1.82, 2.24) is 10.2 Å². The molecule has 0 aliphatic carbocycles. The molecule has 7 nitrogen and oxygen atoms in total. The maximum Gasteiger partial charge on any atom is 0.417 e. The second-order valence-electron chi connectivity index (χ2n) is 9.95. The fourth-order valence-electron chi connectivity index (χ4n) is 4.22. The minimum atomic E-state index is -4.86. The Morgan fingerprint density at radius 2 is 1.55 bits per heavy atom. The van der Waals surface area contributed by atoms with E-state index in [0.29, 0.717) is 21.0 Å². The highest BCUT2D eigenvalue weighted by molar-refractivity contribution is 7.92. The molecule has 0 heterocycles. The van der Waals surface area contributed by atoms with Gasteiger partial charge < -0.3 is 10.2 Å². The molecule has 0 aromatic heterocycles. The monoisotopic (exact) mass is 643 g/mol. The summed E-state index contributed by atoms with van der Waals surface area (Å²) in [6.07, 6.45) is -3.99. The molecule has 3 aromatic carbocycles. The van der Waals surface area contributed by atoms with Crippen LogP contribution in [0.3, 0.4) is 0 Å². The van der Waals surface area contributed by atoms with Gasteiger partial charge in [-0.05, 0) is 55.3 Å². The van der Waals surface area contributed by atoms with Crippen LogP contribution in [-0.2, 0) is 38.8 Å². The highest BCUT2D eigenvalue weighted by atomic mass is 35.5. The fourth-order valence-corrected chi connectivity index (χ4v) is 5.41. The maximum absolute atomic E-state index is 14.0. The Morgan fingerprint density at radius 3 is 2.10 bits per heavy atom. The number of carbonyl (C=O) groups is 2. The molecule has 0 aliphatic rings. The summed E-state index contributed by atoms with van der Waals surface area (Å²) < 4.78 is 66.9. The zero-order chi connectivity index (χ0) is 31.2. The van der Waals surface area contributed by atoms with Gasteiger partial charge in [0.2, 0.25) is 21.8 Å². The van der Waals surface area contributed by atoms with Gasteiger partial charge in [-0.15, -0.1) is 0 Å². The summed E-state index contributed by atoms with van der Waals surface area (Å²) in [5.74, 6) is -1.29. The number of benzene rings is 3. The Balaban J connectivity index is 2.09. The number of rotatable bonds is 11. The molecular formula is C29H30Cl2F3N3O4S. The van der Waals surface area contributed by atoms with Crippen LogP contribution in [0.1, 0.15) is 30.5 Å². The molecule has 226 valence electrons. The lowest BCUT2D eigenvalue weighted by atomic mass is 10.0. The summed E-state index contributed by atoms with van der Waals surface area (Å²) in [6, 6.07) is 16.7. The van der Waals surface area contributed by atoms with Crippen LogP contribution in [0.25, 0.3) is 0 Å². The number of anilines is 1. The zero-order valence-corrected chi connectivity index (χ0v) is 25.4. The van der Waals surface area contributed by atoms with E-state index in [-0.39, 0.29) is 19.0 Å². The van der Waals surface area contributed by atoms with Crippen molar-refractivity contribution in [3.63, 3.8) is 0 Å². The number of nitrogens with zero attached hydrogens (tertiary/aromatic N) is 2. The lowest BCUT2D eigenvalue weighted by Crippen LogP contribution is -2.54. The van der Waals surface area contributed by atoms with Gasteiger partial charge >= 0.3 is 6.18 Å². The third kappa shape index (κ3) is 9.11. The predicted octanol–water partition coefficient (Wildman–Crippen LogP) is 5.94. The molecule has 1 atom stereocenters. The molecule has 0 saturated carbocycles. The molecule has 3 rings (SSSR count). The largest absolute Gasteiger partial charge is 0.417 e. The van der Waals surface area contributed by atoms with Gasteiger partial charge in [-0.3, -0.25) is 13.9 Å².